The first-order valence-electron chi connectivity index (χ1n) is 9.93. The molecule has 1 aliphatic heterocycles. The van der Waals surface area contributed by atoms with Crippen LogP contribution in [-0.4, -0.2) is 55.6 Å². The number of nitrogens with zero attached hydrogens (tertiary/aromatic N) is 1. The summed E-state index contributed by atoms with van der Waals surface area (Å²) in [4.78, 5) is 15.4. The Hall–Kier alpha value is -2.64. The van der Waals surface area contributed by atoms with Crippen LogP contribution in [-0.2, 0) is 16.0 Å². The van der Waals surface area contributed by atoms with E-state index in [1.165, 1.54) is 7.11 Å². The van der Waals surface area contributed by atoms with Gasteiger partial charge in [-0.25, -0.2) is 0 Å². The summed E-state index contributed by atoms with van der Waals surface area (Å²) in [5, 5.41) is 10.9. The molecule has 0 bridgehead atoms. The van der Waals surface area contributed by atoms with E-state index in [2.05, 4.69) is 6.07 Å². The first-order chi connectivity index (χ1) is 14.6. The van der Waals surface area contributed by atoms with Crippen molar-refractivity contribution in [2.24, 2.45) is 0 Å². The second-order valence-electron chi connectivity index (χ2n) is 7.17. The van der Waals surface area contributed by atoms with Crippen LogP contribution < -0.4 is 4.74 Å². The van der Waals surface area contributed by atoms with Gasteiger partial charge in [-0.2, -0.15) is 0 Å². The van der Waals surface area contributed by atoms with Crippen molar-refractivity contribution in [2.45, 2.75) is 17.7 Å². The molecule has 0 spiro atoms. The Balaban J connectivity index is 1.59. The van der Waals surface area contributed by atoms with E-state index < -0.39 is 0 Å². The van der Waals surface area contributed by atoms with Crippen LogP contribution in [0.1, 0.15) is 12.0 Å². The highest BCUT2D eigenvalue weighted by Crippen LogP contribution is 2.42. The van der Waals surface area contributed by atoms with Crippen molar-refractivity contribution >= 4 is 28.6 Å². The second kappa shape index (κ2) is 9.02. The molecular weight excluding hydrogens is 402 g/mol. The van der Waals surface area contributed by atoms with Crippen molar-refractivity contribution in [2.75, 3.05) is 39.7 Å². The van der Waals surface area contributed by atoms with E-state index in [1.807, 2.05) is 29.4 Å². The molecule has 1 saturated heterocycles. The van der Waals surface area contributed by atoms with Crippen LogP contribution in [0, 0.1) is 0 Å². The number of carbonyl (C=O) groups excluding carboxylic acids is 1. The van der Waals surface area contributed by atoms with Gasteiger partial charge in [-0.1, -0.05) is 6.07 Å². The van der Waals surface area contributed by atoms with Gasteiger partial charge in [0.15, 0.2) is 11.5 Å². The molecule has 3 aromatic rings. The average Bonchev–Trinajstić information content (AvgIpc) is 3.16. The molecule has 0 atom stereocenters. The van der Waals surface area contributed by atoms with E-state index in [1.54, 1.807) is 23.9 Å². The minimum Gasteiger partial charge on any atom is -0.504 e. The highest BCUT2D eigenvalue weighted by molar-refractivity contribution is 7.99. The molecular formula is C23H25NO5S. The molecule has 0 aliphatic carbocycles. The lowest BCUT2D eigenvalue weighted by Gasteiger charge is -2.26. The number of hydrogen-bond acceptors (Lipinski definition) is 6. The molecule has 2 heterocycles. The van der Waals surface area contributed by atoms with Crippen LogP contribution in [0.15, 0.2) is 45.7 Å². The molecule has 1 aliphatic rings. The molecule has 1 N–H and O–H groups in total. The van der Waals surface area contributed by atoms with Crippen molar-refractivity contribution < 1.29 is 23.8 Å². The maximum atomic E-state index is 12.5. The Morgan fingerprint density at radius 1 is 1.20 bits per heavy atom. The lowest BCUT2D eigenvalue weighted by molar-refractivity contribution is -0.135. The summed E-state index contributed by atoms with van der Waals surface area (Å²) in [5.74, 6) is 1.42. The maximum Gasteiger partial charge on any atom is 0.223 e. The Bertz CT molecular complexity index is 1060. The third-order valence-corrected chi connectivity index (χ3v) is 6.16. The summed E-state index contributed by atoms with van der Waals surface area (Å²) in [7, 11) is 1.53. The molecule has 1 amide bonds. The van der Waals surface area contributed by atoms with Gasteiger partial charge in [0.05, 0.1) is 25.2 Å². The molecule has 1 aromatic heterocycles. The number of benzene rings is 2. The van der Waals surface area contributed by atoms with E-state index >= 15 is 0 Å². The molecule has 30 heavy (non-hydrogen) atoms. The number of phenols is 1. The van der Waals surface area contributed by atoms with Gasteiger partial charge in [0, 0.05) is 30.5 Å². The molecule has 7 heteroatoms. The number of furan rings is 1. The monoisotopic (exact) mass is 427 g/mol. The van der Waals surface area contributed by atoms with Gasteiger partial charge in [0.2, 0.25) is 5.91 Å². The van der Waals surface area contributed by atoms with E-state index in [-0.39, 0.29) is 11.7 Å². The third-order valence-electron chi connectivity index (χ3n) is 5.34. The van der Waals surface area contributed by atoms with Crippen LogP contribution in [0.2, 0.25) is 0 Å². The van der Waals surface area contributed by atoms with Gasteiger partial charge >= 0.3 is 0 Å². The minimum absolute atomic E-state index is 0.0929. The summed E-state index contributed by atoms with van der Waals surface area (Å²) in [6.07, 6.45) is 3.19. The number of aromatic hydroxyl groups is 1. The largest absolute Gasteiger partial charge is 0.504 e. The number of hydrogen-bond donors (Lipinski definition) is 1. The van der Waals surface area contributed by atoms with Gasteiger partial charge in [0.1, 0.15) is 11.3 Å². The van der Waals surface area contributed by atoms with E-state index in [0.717, 1.165) is 32.8 Å². The number of fused-ring (bicyclic) bond motifs is 1. The number of morpholine rings is 1. The van der Waals surface area contributed by atoms with Gasteiger partial charge < -0.3 is 23.9 Å². The topological polar surface area (TPSA) is 72.1 Å². The Morgan fingerprint density at radius 2 is 2.00 bits per heavy atom. The van der Waals surface area contributed by atoms with Crippen molar-refractivity contribution in [3.05, 3.63) is 42.0 Å². The average molecular weight is 428 g/mol. The lowest BCUT2D eigenvalue weighted by Crippen LogP contribution is -2.40. The molecule has 0 radical (unpaired) electrons. The summed E-state index contributed by atoms with van der Waals surface area (Å²) < 4.78 is 16.7. The Kier molecular flexibility index (Phi) is 6.20. The van der Waals surface area contributed by atoms with Gasteiger partial charge in [-0.15, -0.1) is 11.8 Å². The van der Waals surface area contributed by atoms with Crippen LogP contribution in [0.4, 0.5) is 0 Å². The maximum absolute atomic E-state index is 12.5. The standard InChI is InChI=1S/C23H25NO5S/c1-27-20-14-16(5-6-18(20)25)22-23(30-2)17-13-15(3-7-19(17)29-22)4-8-21(26)24-9-11-28-12-10-24/h3,5-7,13-14,25H,4,8-12H2,1-2H3. The van der Waals surface area contributed by atoms with Gasteiger partial charge in [-0.05, 0) is 48.6 Å². The van der Waals surface area contributed by atoms with Crippen LogP contribution >= 0.6 is 11.8 Å². The summed E-state index contributed by atoms with van der Waals surface area (Å²) in [5.41, 5.74) is 2.74. The van der Waals surface area contributed by atoms with E-state index in [4.69, 9.17) is 13.9 Å². The lowest BCUT2D eigenvalue weighted by atomic mass is 10.1. The SMILES string of the molecule is COc1cc(-c2oc3ccc(CCC(=O)N4CCOCC4)cc3c2SC)ccc1O. The van der Waals surface area contributed by atoms with E-state index in [9.17, 15) is 9.90 Å². The number of amides is 1. The third kappa shape index (κ3) is 4.13. The van der Waals surface area contributed by atoms with Crippen molar-refractivity contribution in [3.63, 3.8) is 0 Å². The summed E-state index contributed by atoms with van der Waals surface area (Å²) >= 11 is 1.61. The first kappa shape index (κ1) is 20.6. The number of ether oxygens (including phenoxy) is 2. The predicted molar refractivity (Wildman–Crippen MR) is 117 cm³/mol. The highest BCUT2D eigenvalue weighted by atomic mass is 32.2. The smallest absolute Gasteiger partial charge is 0.223 e. The highest BCUT2D eigenvalue weighted by Gasteiger charge is 2.19. The fourth-order valence-electron chi connectivity index (χ4n) is 3.71. The Morgan fingerprint density at radius 3 is 2.73 bits per heavy atom. The van der Waals surface area contributed by atoms with Crippen LogP contribution in [0.25, 0.3) is 22.3 Å². The predicted octanol–water partition coefficient (Wildman–Crippen LogP) is 4.33. The van der Waals surface area contributed by atoms with Crippen molar-refractivity contribution in [3.8, 4) is 22.8 Å². The number of rotatable bonds is 6. The quantitative estimate of drug-likeness (QED) is 0.591. The zero-order valence-electron chi connectivity index (χ0n) is 17.1. The normalized spacial score (nSPS) is 14.3. The number of phenolic OH excluding ortho intramolecular Hbond substituents is 1. The summed E-state index contributed by atoms with van der Waals surface area (Å²) in [6, 6.07) is 11.3. The molecule has 6 nitrogen and oxygen atoms in total. The fraction of sp³-hybridized carbons (Fsp3) is 0.348. The van der Waals surface area contributed by atoms with Gasteiger partial charge in [-0.3, -0.25) is 4.79 Å². The number of aryl methyl sites for hydroxylation is 1. The number of carbonyl (C=O) groups is 1. The van der Waals surface area contributed by atoms with Crippen molar-refractivity contribution in [1.29, 1.82) is 0 Å². The first-order valence-corrected chi connectivity index (χ1v) is 11.2. The molecule has 1 fully saturated rings. The zero-order valence-corrected chi connectivity index (χ0v) is 18.0. The molecule has 158 valence electrons. The zero-order chi connectivity index (χ0) is 21.1. The number of thioether (sulfide) groups is 1. The van der Waals surface area contributed by atoms with Gasteiger partial charge in [0.25, 0.3) is 0 Å². The second-order valence-corrected chi connectivity index (χ2v) is 7.99. The molecule has 2 aromatic carbocycles. The summed E-state index contributed by atoms with van der Waals surface area (Å²) in [6.45, 7) is 2.59. The van der Waals surface area contributed by atoms with Crippen LogP contribution in [0.5, 0.6) is 11.5 Å². The molecule has 4 rings (SSSR count). The van der Waals surface area contributed by atoms with Crippen LogP contribution in [0.3, 0.4) is 0 Å². The van der Waals surface area contributed by atoms with Crippen molar-refractivity contribution in [1.82, 2.24) is 4.90 Å². The molecule has 0 saturated carbocycles. The molecule has 0 unspecified atom stereocenters. The number of methoxy groups -OCH3 is 1. The Labute approximate surface area is 179 Å². The fourth-order valence-corrected chi connectivity index (χ4v) is 4.44. The van der Waals surface area contributed by atoms with E-state index in [0.29, 0.717) is 44.9 Å². The minimum atomic E-state index is 0.0929.